The predicted molar refractivity (Wildman–Crippen MR) is 77.5 cm³/mol. The molecule has 1 N–H and O–H groups in total. The molecule has 1 aliphatic rings. The van der Waals surface area contributed by atoms with Crippen molar-refractivity contribution in [1.29, 1.82) is 0 Å². The third kappa shape index (κ3) is 2.49. The van der Waals surface area contributed by atoms with Crippen LogP contribution < -0.4 is 0 Å². The van der Waals surface area contributed by atoms with E-state index in [-0.39, 0.29) is 6.54 Å². The summed E-state index contributed by atoms with van der Waals surface area (Å²) in [5.74, 6) is -1.51. The Balaban J connectivity index is 2.37. The van der Waals surface area contributed by atoms with Crippen LogP contribution in [0.1, 0.15) is 30.2 Å². The average Bonchev–Trinajstić information content (AvgIpc) is 2.94. The minimum atomic E-state index is -3.58. The molecule has 0 saturated carbocycles. The summed E-state index contributed by atoms with van der Waals surface area (Å²) in [4.78, 5) is 12.2. The van der Waals surface area contributed by atoms with Crippen molar-refractivity contribution in [2.24, 2.45) is 5.92 Å². The molecule has 1 aromatic heterocycles. The Labute approximate surface area is 123 Å². The van der Waals surface area contributed by atoms with Crippen LogP contribution in [0.25, 0.3) is 0 Å². The van der Waals surface area contributed by atoms with Crippen molar-refractivity contribution in [1.82, 2.24) is 4.31 Å². The topological polar surface area (TPSA) is 74.7 Å². The number of thiophene rings is 1. The van der Waals surface area contributed by atoms with E-state index in [4.69, 9.17) is 0 Å². The molecule has 2 rings (SSSR count). The summed E-state index contributed by atoms with van der Waals surface area (Å²) in [6, 6.07) is 1.23. The molecular formula is C13H19NO4S2. The van der Waals surface area contributed by atoms with Crippen molar-refractivity contribution in [3.8, 4) is 0 Å². The standard InChI is InChI=1S/C13H19NO4S2/c1-4-11-10(13(15)16)5-6-14(11)20(17,18)12-7-8(2)9(3)19-12/h7,10-11H,4-6H2,1-3H3,(H,15,16). The van der Waals surface area contributed by atoms with Gasteiger partial charge in [0.25, 0.3) is 10.0 Å². The molecule has 0 spiro atoms. The summed E-state index contributed by atoms with van der Waals surface area (Å²) in [7, 11) is -3.58. The van der Waals surface area contributed by atoms with E-state index in [2.05, 4.69) is 0 Å². The maximum atomic E-state index is 12.7. The SMILES string of the molecule is CCC1C(C(=O)O)CCN1S(=O)(=O)c1cc(C)c(C)s1. The second kappa shape index (κ2) is 5.46. The molecule has 0 radical (unpaired) electrons. The highest BCUT2D eigenvalue weighted by Gasteiger charge is 2.44. The van der Waals surface area contributed by atoms with Crippen LogP contribution >= 0.6 is 11.3 Å². The minimum absolute atomic E-state index is 0.286. The molecule has 1 saturated heterocycles. The summed E-state index contributed by atoms with van der Waals surface area (Å²) in [6.45, 7) is 5.89. The van der Waals surface area contributed by atoms with Crippen LogP contribution in [0, 0.1) is 19.8 Å². The van der Waals surface area contributed by atoms with Gasteiger partial charge in [0.2, 0.25) is 0 Å². The molecule has 0 amide bonds. The van der Waals surface area contributed by atoms with Gasteiger partial charge >= 0.3 is 5.97 Å². The number of hydrogen-bond donors (Lipinski definition) is 1. The third-order valence-corrected chi connectivity index (χ3v) is 7.46. The van der Waals surface area contributed by atoms with Crippen LogP contribution in [0.4, 0.5) is 0 Å². The Hall–Kier alpha value is -0.920. The maximum Gasteiger partial charge on any atom is 0.308 e. The van der Waals surface area contributed by atoms with E-state index < -0.39 is 28.0 Å². The highest BCUT2D eigenvalue weighted by atomic mass is 32.2. The van der Waals surface area contributed by atoms with Crippen molar-refractivity contribution in [3.05, 3.63) is 16.5 Å². The third-order valence-electron chi connectivity index (χ3n) is 3.94. The van der Waals surface area contributed by atoms with Gasteiger partial charge in [0.15, 0.2) is 0 Å². The zero-order chi connectivity index (χ0) is 15.1. The quantitative estimate of drug-likeness (QED) is 0.924. The summed E-state index contributed by atoms with van der Waals surface area (Å²) >= 11 is 1.25. The van der Waals surface area contributed by atoms with Crippen LogP contribution in [0.15, 0.2) is 10.3 Å². The fourth-order valence-electron chi connectivity index (χ4n) is 2.68. The number of sulfonamides is 1. The number of aliphatic carboxylic acids is 1. The lowest BCUT2D eigenvalue weighted by atomic mass is 9.99. The lowest BCUT2D eigenvalue weighted by molar-refractivity contribution is -0.142. The lowest BCUT2D eigenvalue weighted by Crippen LogP contribution is -2.39. The second-order valence-corrected chi connectivity index (χ2v) is 8.50. The fourth-order valence-corrected chi connectivity index (χ4v) is 6.08. The molecule has 0 bridgehead atoms. The van der Waals surface area contributed by atoms with E-state index >= 15 is 0 Å². The molecule has 112 valence electrons. The predicted octanol–water partition coefficient (Wildman–Crippen LogP) is 2.24. The van der Waals surface area contributed by atoms with Gasteiger partial charge in [-0.2, -0.15) is 4.31 Å². The molecule has 2 heterocycles. The zero-order valence-electron chi connectivity index (χ0n) is 11.8. The number of rotatable bonds is 4. The Morgan fingerprint density at radius 2 is 2.15 bits per heavy atom. The zero-order valence-corrected chi connectivity index (χ0v) is 13.4. The number of carboxylic acid groups (broad SMARTS) is 1. The first kappa shape index (κ1) is 15.5. The number of carbonyl (C=O) groups is 1. The van der Waals surface area contributed by atoms with Crippen molar-refractivity contribution in [2.45, 2.75) is 43.9 Å². The monoisotopic (exact) mass is 317 g/mol. The molecule has 7 heteroatoms. The van der Waals surface area contributed by atoms with E-state index in [1.165, 1.54) is 15.6 Å². The molecule has 20 heavy (non-hydrogen) atoms. The van der Waals surface area contributed by atoms with Crippen LogP contribution in [0.2, 0.25) is 0 Å². The molecule has 2 atom stereocenters. The normalized spacial score (nSPS) is 24.1. The molecule has 0 aliphatic carbocycles. The van der Waals surface area contributed by atoms with Gasteiger partial charge in [-0.15, -0.1) is 11.3 Å². The number of nitrogens with zero attached hydrogens (tertiary/aromatic N) is 1. The van der Waals surface area contributed by atoms with Crippen LogP contribution in [-0.4, -0.2) is 36.4 Å². The van der Waals surface area contributed by atoms with Crippen molar-refractivity contribution < 1.29 is 18.3 Å². The largest absolute Gasteiger partial charge is 0.481 e. The van der Waals surface area contributed by atoms with E-state index in [0.29, 0.717) is 17.1 Å². The lowest BCUT2D eigenvalue weighted by Gasteiger charge is -2.24. The van der Waals surface area contributed by atoms with Gasteiger partial charge < -0.3 is 5.11 Å². The second-order valence-electron chi connectivity index (χ2n) is 5.13. The number of hydrogen-bond acceptors (Lipinski definition) is 4. The summed E-state index contributed by atoms with van der Waals surface area (Å²) in [5, 5.41) is 9.20. The van der Waals surface area contributed by atoms with Crippen LogP contribution in [0.3, 0.4) is 0 Å². The number of aryl methyl sites for hydroxylation is 2. The van der Waals surface area contributed by atoms with Crippen molar-refractivity contribution >= 4 is 27.3 Å². The van der Waals surface area contributed by atoms with Crippen molar-refractivity contribution in [2.75, 3.05) is 6.54 Å². The van der Waals surface area contributed by atoms with Gasteiger partial charge in [0.1, 0.15) is 4.21 Å². The highest BCUT2D eigenvalue weighted by molar-refractivity contribution is 7.91. The molecule has 0 aromatic carbocycles. The van der Waals surface area contributed by atoms with Crippen LogP contribution in [-0.2, 0) is 14.8 Å². The first-order chi connectivity index (χ1) is 9.28. The Kier molecular flexibility index (Phi) is 4.22. The minimum Gasteiger partial charge on any atom is -0.481 e. The molecule has 1 aliphatic heterocycles. The highest BCUT2D eigenvalue weighted by Crippen LogP contribution is 2.35. The smallest absolute Gasteiger partial charge is 0.308 e. The average molecular weight is 317 g/mol. The van der Waals surface area contributed by atoms with Crippen molar-refractivity contribution in [3.63, 3.8) is 0 Å². The molecule has 1 aromatic rings. The summed E-state index contributed by atoms with van der Waals surface area (Å²) in [6.07, 6.45) is 0.899. The molecule has 2 unspecified atom stereocenters. The van der Waals surface area contributed by atoms with E-state index in [1.54, 1.807) is 6.07 Å². The van der Waals surface area contributed by atoms with Gasteiger partial charge in [-0.25, -0.2) is 8.42 Å². The molecular weight excluding hydrogens is 298 g/mol. The van der Waals surface area contributed by atoms with Gasteiger partial charge in [-0.05, 0) is 38.3 Å². The Morgan fingerprint density at radius 3 is 2.60 bits per heavy atom. The summed E-state index contributed by atoms with van der Waals surface area (Å²) < 4.78 is 27.0. The van der Waals surface area contributed by atoms with E-state index in [0.717, 1.165) is 10.4 Å². The van der Waals surface area contributed by atoms with E-state index in [9.17, 15) is 18.3 Å². The van der Waals surface area contributed by atoms with Crippen LogP contribution in [0.5, 0.6) is 0 Å². The molecule has 5 nitrogen and oxygen atoms in total. The Morgan fingerprint density at radius 1 is 1.50 bits per heavy atom. The number of carboxylic acids is 1. The maximum absolute atomic E-state index is 12.7. The van der Waals surface area contributed by atoms with Gasteiger partial charge in [0, 0.05) is 17.5 Å². The van der Waals surface area contributed by atoms with E-state index in [1.807, 2.05) is 20.8 Å². The van der Waals surface area contributed by atoms with Gasteiger partial charge in [-0.1, -0.05) is 6.92 Å². The van der Waals surface area contributed by atoms with Gasteiger partial charge in [0.05, 0.1) is 5.92 Å². The first-order valence-electron chi connectivity index (χ1n) is 6.60. The van der Waals surface area contributed by atoms with Gasteiger partial charge in [-0.3, -0.25) is 4.79 Å². The first-order valence-corrected chi connectivity index (χ1v) is 8.86. The summed E-state index contributed by atoms with van der Waals surface area (Å²) in [5.41, 5.74) is 0.954. The Bertz CT molecular complexity index is 601. The molecule has 1 fully saturated rings. The fraction of sp³-hybridized carbons (Fsp3) is 0.615.